The summed E-state index contributed by atoms with van der Waals surface area (Å²) in [5.74, 6) is -0.314. The third-order valence-corrected chi connectivity index (χ3v) is 4.59. The second-order valence-electron chi connectivity index (χ2n) is 6.38. The summed E-state index contributed by atoms with van der Waals surface area (Å²) in [6.07, 6.45) is 2.83. The molecule has 0 fully saturated rings. The molecular weight excluding hydrogens is 363 g/mol. The Balaban J connectivity index is 1.90. The quantitative estimate of drug-likeness (QED) is 0.475. The van der Waals surface area contributed by atoms with E-state index >= 15 is 0 Å². The van der Waals surface area contributed by atoms with Gasteiger partial charge in [-0.1, -0.05) is 19.1 Å². The van der Waals surface area contributed by atoms with E-state index in [1.54, 1.807) is 23.8 Å². The molecule has 4 aromatic rings. The summed E-state index contributed by atoms with van der Waals surface area (Å²) in [5.41, 5.74) is 3.05. The van der Waals surface area contributed by atoms with Gasteiger partial charge in [-0.3, -0.25) is 9.36 Å². The molecule has 3 heterocycles. The molecule has 0 saturated carbocycles. The van der Waals surface area contributed by atoms with Crippen molar-refractivity contribution in [2.24, 2.45) is 0 Å². The maximum Gasteiger partial charge on any atom is 0.283 e. The monoisotopic (exact) mass is 382 g/mol. The van der Waals surface area contributed by atoms with Gasteiger partial charge >= 0.3 is 0 Å². The van der Waals surface area contributed by atoms with E-state index in [0.29, 0.717) is 37.3 Å². The number of methoxy groups -OCH3 is 1. The fraction of sp³-hybridized carbons (Fsp3) is 0.316. The van der Waals surface area contributed by atoms with Crippen LogP contribution in [0.5, 0.6) is 0 Å². The number of hydrogen-bond acceptors (Lipinski definition) is 6. The van der Waals surface area contributed by atoms with Crippen LogP contribution in [0.1, 0.15) is 19.0 Å². The van der Waals surface area contributed by atoms with Crippen molar-refractivity contribution >= 4 is 16.8 Å². The van der Waals surface area contributed by atoms with E-state index < -0.39 is 0 Å². The molecular formula is C19H19FN6O2. The highest BCUT2D eigenvalue weighted by Gasteiger charge is 2.19. The molecule has 144 valence electrons. The Morgan fingerprint density at radius 2 is 1.93 bits per heavy atom. The van der Waals surface area contributed by atoms with E-state index in [-0.39, 0.29) is 16.9 Å². The Bertz CT molecular complexity index is 1200. The molecule has 0 spiro atoms. The minimum absolute atomic E-state index is 0.156. The third kappa shape index (κ3) is 3.03. The summed E-state index contributed by atoms with van der Waals surface area (Å²) < 4.78 is 21.4. The number of benzene rings is 1. The van der Waals surface area contributed by atoms with Crippen molar-refractivity contribution in [3.63, 3.8) is 0 Å². The molecule has 28 heavy (non-hydrogen) atoms. The van der Waals surface area contributed by atoms with Gasteiger partial charge in [0.05, 0.1) is 11.3 Å². The van der Waals surface area contributed by atoms with Crippen LogP contribution in [0.2, 0.25) is 0 Å². The van der Waals surface area contributed by atoms with Crippen LogP contribution in [0.15, 0.2) is 35.4 Å². The highest BCUT2D eigenvalue weighted by molar-refractivity contribution is 5.83. The maximum absolute atomic E-state index is 13.3. The number of halogens is 1. The summed E-state index contributed by atoms with van der Waals surface area (Å²) in [6.45, 7) is 3.01. The van der Waals surface area contributed by atoms with Crippen molar-refractivity contribution < 1.29 is 9.13 Å². The van der Waals surface area contributed by atoms with Crippen LogP contribution in [0.3, 0.4) is 0 Å². The van der Waals surface area contributed by atoms with Gasteiger partial charge in [-0.05, 0) is 30.5 Å². The van der Waals surface area contributed by atoms with Gasteiger partial charge in [0.2, 0.25) is 0 Å². The molecule has 9 heteroatoms. The molecule has 1 aromatic carbocycles. The van der Waals surface area contributed by atoms with Crippen molar-refractivity contribution in [1.82, 2.24) is 29.4 Å². The topological polar surface area (TPSA) is 87.2 Å². The Hall–Kier alpha value is -3.20. The minimum atomic E-state index is -0.314. The number of aromatic nitrogens is 6. The molecule has 8 nitrogen and oxygen atoms in total. The summed E-state index contributed by atoms with van der Waals surface area (Å²) >= 11 is 0. The van der Waals surface area contributed by atoms with Gasteiger partial charge in [-0.15, -0.1) is 10.2 Å². The SMILES string of the molecule is CCc1nn2c(nnc3c(=O)n(CCCOC)cnc32)c1-c1ccc(F)cc1. The average molecular weight is 382 g/mol. The van der Waals surface area contributed by atoms with Crippen molar-refractivity contribution in [3.05, 3.63) is 52.5 Å². The van der Waals surface area contributed by atoms with Crippen LogP contribution in [-0.4, -0.2) is 43.1 Å². The lowest BCUT2D eigenvalue weighted by Crippen LogP contribution is -2.23. The smallest absolute Gasteiger partial charge is 0.283 e. The number of ether oxygens (including phenoxy) is 1. The summed E-state index contributed by atoms with van der Waals surface area (Å²) in [5, 5.41) is 13.0. The van der Waals surface area contributed by atoms with Crippen molar-refractivity contribution in [2.75, 3.05) is 13.7 Å². The largest absolute Gasteiger partial charge is 0.385 e. The summed E-state index contributed by atoms with van der Waals surface area (Å²) in [4.78, 5) is 17.1. The van der Waals surface area contributed by atoms with Crippen LogP contribution < -0.4 is 5.56 Å². The Kier molecular flexibility index (Phi) is 4.82. The Morgan fingerprint density at radius 3 is 2.64 bits per heavy atom. The second-order valence-corrected chi connectivity index (χ2v) is 6.38. The highest BCUT2D eigenvalue weighted by atomic mass is 19.1. The fourth-order valence-electron chi connectivity index (χ4n) is 3.20. The lowest BCUT2D eigenvalue weighted by Gasteiger charge is -2.06. The van der Waals surface area contributed by atoms with Gasteiger partial charge in [0.15, 0.2) is 16.8 Å². The molecule has 0 aliphatic carbocycles. The van der Waals surface area contributed by atoms with Gasteiger partial charge in [0, 0.05) is 20.3 Å². The highest BCUT2D eigenvalue weighted by Crippen LogP contribution is 2.28. The van der Waals surface area contributed by atoms with Gasteiger partial charge in [0.25, 0.3) is 5.56 Å². The molecule has 0 bridgehead atoms. The van der Waals surface area contributed by atoms with E-state index in [1.165, 1.54) is 23.0 Å². The first-order valence-electron chi connectivity index (χ1n) is 9.02. The molecule has 0 unspecified atom stereocenters. The lowest BCUT2D eigenvalue weighted by atomic mass is 10.0. The van der Waals surface area contributed by atoms with E-state index in [1.807, 2.05) is 6.92 Å². The van der Waals surface area contributed by atoms with E-state index in [2.05, 4.69) is 20.3 Å². The number of nitrogens with zero attached hydrogens (tertiary/aromatic N) is 6. The molecule has 0 aliphatic rings. The number of fused-ring (bicyclic) bond motifs is 3. The maximum atomic E-state index is 13.3. The molecule has 0 saturated heterocycles. The van der Waals surface area contributed by atoms with Crippen LogP contribution in [0.4, 0.5) is 4.39 Å². The second kappa shape index (κ2) is 7.43. The first kappa shape index (κ1) is 18.2. The number of aryl methyl sites for hydroxylation is 2. The van der Waals surface area contributed by atoms with E-state index in [0.717, 1.165) is 16.8 Å². The summed E-state index contributed by atoms with van der Waals surface area (Å²) in [6, 6.07) is 6.14. The zero-order valence-electron chi connectivity index (χ0n) is 15.6. The van der Waals surface area contributed by atoms with Crippen LogP contribution in [0.25, 0.3) is 27.9 Å². The molecule has 0 radical (unpaired) electrons. The van der Waals surface area contributed by atoms with Gasteiger partial charge < -0.3 is 4.74 Å². The lowest BCUT2D eigenvalue weighted by molar-refractivity contribution is 0.190. The summed E-state index contributed by atoms with van der Waals surface area (Å²) in [7, 11) is 1.62. The zero-order chi connectivity index (χ0) is 19.7. The first-order valence-corrected chi connectivity index (χ1v) is 9.02. The first-order chi connectivity index (χ1) is 13.6. The van der Waals surface area contributed by atoms with Crippen molar-refractivity contribution in [1.29, 1.82) is 0 Å². The van der Waals surface area contributed by atoms with Gasteiger partial charge in [-0.25, -0.2) is 9.37 Å². The van der Waals surface area contributed by atoms with Crippen LogP contribution in [0, 0.1) is 5.82 Å². The third-order valence-electron chi connectivity index (χ3n) is 4.59. The van der Waals surface area contributed by atoms with Crippen LogP contribution in [-0.2, 0) is 17.7 Å². The molecule has 0 atom stereocenters. The molecule has 3 aromatic heterocycles. The Morgan fingerprint density at radius 1 is 1.14 bits per heavy atom. The van der Waals surface area contributed by atoms with Gasteiger partial charge in [0.1, 0.15) is 12.1 Å². The molecule has 0 N–H and O–H groups in total. The Labute approximate surface area is 159 Å². The fourth-order valence-corrected chi connectivity index (χ4v) is 3.20. The predicted molar refractivity (Wildman–Crippen MR) is 102 cm³/mol. The zero-order valence-corrected chi connectivity index (χ0v) is 15.6. The predicted octanol–water partition coefficient (Wildman–Crippen LogP) is 2.24. The number of rotatable bonds is 6. The number of hydrogen-bond donors (Lipinski definition) is 0. The van der Waals surface area contributed by atoms with Gasteiger partial charge in [-0.2, -0.15) is 9.61 Å². The minimum Gasteiger partial charge on any atom is -0.385 e. The molecule has 0 aliphatic heterocycles. The molecule has 4 rings (SSSR count). The van der Waals surface area contributed by atoms with E-state index in [4.69, 9.17) is 4.74 Å². The normalized spacial score (nSPS) is 11.5. The van der Waals surface area contributed by atoms with E-state index in [9.17, 15) is 9.18 Å². The molecule has 0 amide bonds. The standard InChI is InChI=1S/C19H19FN6O2/c1-3-14-15(12-5-7-13(20)8-6-12)17-23-22-16-18(26(17)24-14)21-11-25(19(16)27)9-4-10-28-2/h5-8,11H,3-4,9-10H2,1-2H3. The average Bonchev–Trinajstić information content (AvgIpc) is 3.09. The van der Waals surface area contributed by atoms with Crippen molar-refractivity contribution in [2.45, 2.75) is 26.3 Å². The van der Waals surface area contributed by atoms with Crippen LogP contribution >= 0.6 is 0 Å². The van der Waals surface area contributed by atoms with Crippen molar-refractivity contribution in [3.8, 4) is 11.1 Å².